The third kappa shape index (κ3) is 5.29. The van der Waals surface area contributed by atoms with Crippen molar-refractivity contribution in [2.75, 3.05) is 11.9 Å². The van der Waals surface area contributed by atoms with Gasteiger partial charge in [0.15, 0.2) is 12.4 Å². The van der Waals surface area contributed by atoms with Crippen LogP contribution in [0.25, 0.3) is 0 Å². The summed E-state index contributed by atoms with van der Waals surface area (Å²) in [6.45, 7) is 3.99. The van der Waals surface area contributed by atoms with Crippen LogP contribution in [0.2, 0.25) is 0 Å². The molecule has 3 aromatic carbocycles. The molecule has 3 aromatic rings. The molecule has 1 N–H and O–H groups in total. The topological polar surface area (TPSA) is 55.4 Å². The summed E-state index contributed by atoms with van der Waals surface area (Å²) in [5.74, 6) is -0.0877. The molecule has 0 fully saturated rings. The third-order valence-corrected chi connectivity index (χ3v) is 4.45. The first kappa shape index (κ1) is 20.3. The van der Waals surface area contributed by atoms with Crippen molar-refractivity contribution in [2.45, 2.75) is 19.8 Å². The molecule has 0 spiro atoms. The van der Waals surface area contributed by atoms with Gasteiger partial charge >= 0.3 is 0 Å². The minimum atomic E-state index is -0.389. The molecule has 3 rings (SSSR count). The van der Waals surface area contributed by atoms with Gasteiger partial charge in [-0.2, -0.15) is 0 Å². The number of carbonyl (C=O) groups excluding carboxylic acids is 2. The average Bonchev–Trinajstić information content (AvgIpc) is 2.73. The second-order valence-electron chi connectivity index (χ2n) is 6.94. The van der Waals surface area contributed by atoms with Gasteiger partial charge in [0.1, 0.15) is 11.6 Å². The number of benzene rings is 3. The molecular formula is C24H22FNO3. The molecule has 148 valence electrons. The molecular weight excluding hydrogens is 369 g/mol. The van der Waals surface area contributed by atoms with Crippen LogP contribution in [0.3, 0.4) is 0 Å². The van der Waals surface area contributed by atoms with Crippen molar-refractivity contribution in [3.8, 4) is 5.75 Å². The summed E-state index contributed by atoms with van der Waals surface area (Å²) in [7, 11) is 0. The second-order valence-corrected chi connectivity index (χ2v) is 6.94. The van der Waals surface area contributed by atoms with E-state index in [9.17, 15) is 14.0 Å². The van der Waals surface area contributed by atoms with E-state index in [1.165, 1.54) is 24.3 Å². The van der Waals surface area contributed by atoms with Gasteiger partial charge in [-0.05, 0) is 66.1 Å². The number of amides is 1. The van der Waals surface area contributed by atoms with E-state index >= 15 is 0 Å². The lowest BCUT2D eigenvalue weighted by molar-refractivity contribution is -0.118. The maximum absolute atomic E-state index is 13.0. The summed E-state index contributed by atoms with van der Waals surface area (Å²) in [6.07, 6.45) is 0. The van der Waals surface area contributed by atoms with Crippen LogP contribution in [0.1, 0.15) is 41.3 Å². The molecule has 29 heavy (non-hydrogen) atoms. The Morgan fingerprint density at radius 3 is 2.10 bits per heavy atom. The first-order valence-electron chi connectivity index (χ1n) is 9.36. The molecule has 0 heterocycles. The molecule has 0 aliphatic rings. The SMILES string of the molecule is CC(C)c1ccccc1NC(=O)COc1ccc(C(=O)c2ccc(F)cc2)cc1. The zero-order valence-corrected chi connectivity index (χ0v) is 16.3. The lowest BCUT2D eigenvalue weighted by Gasteiger charge is -2.14. The van der Waals surface area contributed by atoms with Crippen molar-refractivity contribution in [3.63, 3.8) is 0 Å². The number of para-hydroxylation sites is 1. The van der Waals surface area contributed by atoms with Crippen LogP contribution in [-0.4, -0.2) is 18.3 Å². The van der Waals surface area contributed by atoms with Crippen molar-refractivity contribution in [2.24, 2.45) is 0 Å². The van der Waals surface area contributed by atoms with Gasteiger partial charge < -0.3 is 10.1 Å². The number of ketones is 1. The fourth-order valence-electron chi connectivity index (χ4n) is 2.92. The van der Waals surface area contributed by atoms with Crippen LogP contribution in [0, 0.1) is 5.82 Å². The molecule has 0 saturated carbocycles. The maximum Gasteiger partial charge on any atom is 0.262 e. The molecule has 4 nitrogen and oxygen atoms in total. The Labute approximate surface area is 169 Å². The van der Waals surface area contributed by atoms with Crippen LogP contribution in [0.15, 0.2) is 72.8 Å². The van der Waals surface area contributed by atoms with Crippen LogP contribution in [0.5, 0.6) is 5.75 Å². The zero-order valence-electron chi connectivity index (χ0n) is 16.3. The molecule has 0 saturated heterocycles. The van der Waals surface area contributed by atoms with Gasteiger partial charge in [0.25, 0.3) is 5.91 Å². The Bertz CT molecular complexity index is 995. The van der Waals surface area contributed by atoms with Crippen molar-refractivity contribution in [1.82, 2.24) is 0 Å². The predicted molar refractivity (Wildman–Crippen MR) is 111 cm³/mol. The summed E-state index contributed by atoms with van der Waals surface area (Å²) in [4.78, 5) is 24.6. The second kappa shape index (κ2) is 9.15. The number of rotatable bonds is 7. The average molecular weight is 391 g/mol. The van der Waals surface area contributed by atoms with Crippen LogP contribution in [-0.2, 0) is 4.79 Å². The monoisotopic (exact) mass is 391 g/mol. The first-order chi connectivity index (χ1) is 13.9. The highest BCUT2D eigenvalue weighted by molar-refractivity contribution is 6.09. The number of hydrogen-bond donors (Lipinski definition) is 1. The molecule has 0 atom stereocenters. The first-order valence-corrected chi connectivity index (χ1v) is 9.36. The van der Waals surface area contributed by atoms with E-state index < -0.39 is 0 Å². The Balaban J connectivity index is 1.58. The Morgan fingerprint density at radius 1 is 0.897 bits per heavy atom. The van der Waals surface area contributed by atoms with Crippen molar-refractivity contribution in [1.29, 1.82) is 0 Å². The van der Waals surface area contributed by atoms with Crippen molar-refractivity contribution in [3.05, 3.63) is 95.3 Å². The summed E-state index contributed by atoms with van der Waals surface area (Å²) in [6, 6.07) is 19.6. The fourth-order valence-corrected chi connectivity index (χ4v) is 2.92. The largest absolute Gasteiger partial charge is 0.484 e. The highest BCUT2D eigenvalue weighted by Crippen LogP contribution is 2.23. The number of ether oxygens (including phenoxy) is 1. The summed E-state index contributed by atoms with van der Waals surface area (Å²) in [5, 5.41) is 2.87. The summed E-state index contributed by atoms with van der Waals surface area (Å²) in [5.41, 5.74) is 2.70. The number of nitrogens with one attached hydrogen (secondary N) is 1. The molecule has 0 unspecified atom stereocenters. The van der Waals surface area contributed by atoms with Crippen LogP contribution < -0.4 is 10.1 Å². The van der Waals surface area contributed by atoms with E-state index in [0.717, 1.165) is 11.3 Å². The van der Waals surface area contributed by atoms with Crippen molar-refractivity contribution < 1.29 is 18.7 Å². The van der Waals surface area contributed by atoms with Crippen LogP contribution in [0.4, 0.5) is 10.1 Å². The van der Waals surface area contributed by atoms with Gasteiger partial charge in [0.2, 0.25) is 0 Å². The number of carbonyl (C=O) groups is 2. The maximum atomic E-state index is 13.0. The predicted octanol–water partition coefficient (Wildman–Crippen LogP) is 5.20. The minimum absolute atomic E-state index is 0.141. The zero-order chi connectivity index (χ0) is 20.8. The van der Waals surface area contributed by atoms with Gasteiger partial charge in [-0.25, -0.2) is 4.39 Å². The number of halogens is 1. The summed E-state index contributed by atoms with van der Waals surface area (Å²) >= 11 is 0. The quantitative estimate of drug-likeness (QED) is 0.564. The van der Waals surface area contributed by atoms with E-state index in [4.69, 9.17) is 4.74 Å². The van der Waals surface area contributed by atoms with E-state index in [-0.39, 0.29) is 24.1 Å². The molecule has 5 heteroatoms. The van der Waals surface area contributed by atoms with Crippen LogP contribution >= 0.6 is 0 Å². The van der Waals surface area contributed by atoms with E-state index in [2.05, 4.69) is 19.2 Å². The lowest BCUT2D eigenvalue weighted by atomic mass is 10.0. The normalized spacial score (nSPS) is 10.6. The molecule has 0 aromatic heterocycles. The number of anilines is 1. The highest BCUT2D eigenvalue weighted by Gasteiger charge is 2.11. The number of hydrogen-bond acceptors (Lipinski definition) is 3. The lowest BCUT2D eigenvalue weighted by Crippen LogP contribution is -2.21. The molecule has 0 aliphatic carbocycles. The van der Waals surface area contributed by atoms with Gasteiger partial charge in [0, 0.05) is 16.8 Å². The van der Waals surface area contributed by atoms with E-state index in [1.54, 1.807) is 24.3 Å². The highest BCUT2D eigenvalue weighted by atomic mass is 19.1. The molecule has 0 radical (unpaired) electrons. The molecule has 0 bridgehead atoms. The third-order valence-electron chi connectivity index (χ3n) is 4.45. The van der Waals surface area contributed by atoms with Gasteiger partial charge in [-0.15, -0.1) is 0 Å². The van der Waals surface area contributed by atoms with E-state index in [1.807, 2.05) is 24.3 Å². The smallest absolute Gasteiger partial charge is 0.262 e. The standard InChI is InChI=1S/C24H22FNO3/c1-16(2)21-5-3-4-6-22(21)26-23(27)15-29-20-13-9-18(10-14-20)24(28)17-7-11-19(25)12-8-17/h3-14,16H,15H2,1-2H3,(H,26,27). The van der Waals surface area contributed by atoms with Crippen molar-refractivity contribution >= 4 is 17.4 Å². The van der Waals surface area contributed by atoms with E-state index in [0.29, 0.717) is 22.8 Å². The Morgan fingerprint density at radius 2 is 1.48 bits per heavy atom. The van der Waals surface area contributed by atoms with Gasteiger partial charge in [0.05, 0.1) is 0 Å². The Kier molecular flexibility index (Phi) is 6.39. The van der Waals surface area contributed by atoms with Gasteiger partial charge in [-0.3, -0.25) is 9.59 Å². The minimum Gasteiger partial charge on any atom is -0.484 e. The molecule has 0 aliphatic heterocycles. The Hall–Kier alpha value is -3.47. The summed E-state index contributed by atoms with van der Waals surface area (Å²) < 4.78 is 18.5. The fraction of sp³-hybridized carbons (Fsp3) is 0.167. The van der Waals surface area contributed by atoms with Gasteiger partial charge in [-0.1, -0.05) is 32.0 Å². The molecule has 1 amide bonds.